The molecule has 0 aliphatic carbocycles. The Labute approximate surface area is 118 Å². The van der Waals surface area contributed by atoms with Crippen LogP contribution in [-0.4, -0.2) is 25.8 Å². The molecular formula is C17H29NO. The van der Waals surface area contributed by atoms with Gasteiger partial charge in [-0.2, -0.15) is 0 Å². The highest BCUT2D eigenvalue weighted by molar-refractivity contribution is 5.29. The molecule has 0 aromatic heterocycles. The largest absolute Gasteiger partial charge is 0.380 e. The molecule has 0 radical (unpaired) electrons. The van der Waals surface area contributed by atoms with Gasteiger partial charge in [-0.25, -0.2) is 0 Å². The van der Waals surface area contributed by atoms with Gasteiger partial charge < -0.3 is 10.1 Å². The highest BCUT2D eigenvalue weighted by Gasteiger charge is 2.19. The van der Waals surface area contributed by atoms with Crippen LogP contribution in [0.15, 0.2) is 18.2 Å². The van der Waals surface area contributed by atoms with Crippen LogP contribution in [0.1, 0.15) is 43.4 Å². The fourth-order valence-electron chi connectivity index (χ4n) is 2.72. The van der Waals surface area contributed by atoms with Crippen molar-refractivity contribution in [3.63, 3.8) is 0 Å². The Bertz CT molecular complexity index is 351. The zero-order valence-electron chi connectivity index (χ0n) is 13.1. The van der Waals surface area contributed by atoms with Crippen LogP contribution < -0.4 is 5.32 Å². The SMILES string of the molecule is CCCNC(Cc1cc(C)cc(C)c1)C(CC)OC. The number of hydrogen-bond donors (Lipinski definition) is 1. The molecule has 2 atom stereocenters. The number of ether oxygens (including phenoxy) is 1. The van der Waals surface area contributed by atoms with Gasteiger partial charge in [-0.1, -0.05) is 43.2 Å². The molecule has 0 amide bonds. The average Bonchev–Trinajstić information content (AvgIpc) is 2.35. The minimum atomic E-state index is 0.285. The molecule has 2 heteroatoms. The molecule has 0 saturated carbocycles. The monoisotopic (exact) mass is 263 g/mol. The number of nitrogens with one attached hydrogen (secondary N) is 1. The number of hydrogen-bond acceptors (Lipinski definition) is 2. The Kier molecular flexibility index (Phi) is 7.11. The molecule has 19 heavy (non-hydrogen) atoms. The van der Waals surface area contributed by atoms with E-state index in [1.54, 1.807) is 0 Å². The van der Waals surface area contributed by atoms with Crippen molar-refractivity contribution in [1.82, 2.24) is 5.32 Å². The van der Waals surface area contributed by atoms with E-state index in [4.69, 9.17) is 4.74 Å². The van der Waals surface area contributed by atoms with Gasteiger partial charge in [0.25, 0.3) is 0 Å². The summed E-state index contributed by atoms with van der Waals surface area (Å²) in [4.78, 5) is 0. The maximum atomic E-state index is 5.63. The minimum absolute atomic E-state index is 0.285. The van der Waals surface area contributed by atoms with Gasteiger partial charge in [-0.3, -0.25) is 0 Å². The molecule has 108 valence electrons. The van der Waals surface area contributed by atoms with Gasteiger partial charge in [0.05, 0.1) is 6.10 Å². The molecule has 0 aliphatic heterocycles. The van der Waals surface area contributed by atoms with Crippen molar-refractivity contribution in [2.75, 3.05) is 13.7 Å². The smallest absolute Gasteiger partial charge is 0.0724 e. The molecule has 0 aliphatic rings. The summed E-state index contributed by atoms with van der Waals surface area (Å²) in [5.74, 6) is 0. The van der Waals surface area contributed by atoms with E-state index in [0.717, 1.165) is 25.8 Å². The van der Waals surface area contributed by atoms with E-state index in [1.807, 2.05) is 7.11 Å². The first kappa shape index (κ1) is 16.2. The Hall–Kier alpha value is -0.860. The first-order valence-corrected chi connectivity index (χ1v) is 7.44. The fourth-order valence-corrected chi connectivity index (χ4v) is 2.72. The number of rotatable bonds is 8. The van der Waals surface area contributed by atoms with Crippen LogP contribution in [0.25, 0.3) is 0 Å². The summed E-state index contributed by atoms with van der Waals surface area (Å²) in [5, 5.41) is 3.63. The quantitative estimate of drug-likeness (QED) is 0.773. The maximum Gasteiger partial charge on any atom is 0.0724 e. The van der Waals surface area contributed by atoms with Gasteiger partial charge in [0.15, 0.2) is 0 Å². The summed E-state index contributed by atoms with van der Waals surface area (Å²) in [7, 11) is 1.82. The number of aryl methyl sites for hydroxylation is 2. The molecule has 1 aromatic carbocycles. The Morgan fingerprint density at radius 3 is 2.21 bits per heavy atom. The van der Waals surface area contributed by atoms with Crippen molar-refractivity contribution in [3.05, 3.63) is 34.9 Å². The van der Waals surface area contributed by atoms with E-state index < -0.39 is 0 Å². The van der Waals surface area contributed by atoms with Gasteiger partial charge in [-0.05, 0) is 45.2 Å². The molecule has 2 nitrogen and oxygen atoms in total. The molecule has 1 aromatic rings. The Balaban J connectivity index is 2.80. The van der Waals surface area contributed by atoms with Crippen LogP contribution in [0.4, 0.5) is 0 Å². The van der Waals surface area contributed by atoms with Gasteiger partial charge >= 0.3 is 0 Å². The normalized spacial score (nSPS) is 14.4. The molecule has 0 saturated heterocycles. The van der Waals surface area contributed by atoms with Crippen molar-refractivity contribution in [3.8, 4) is 0 Å². The lowest BCUT2D eigenvalue weighted by Gasteiger charge is -2.26. The maximum absolute atomic E-state index is 5.63. The lowest BCUT2D eigenvalue weighted by molar-refractivity contribution is 0.0653. The third kappa shape index (κ3) is 5.33. The standard InChI is InChI=1S/C17H29NO/c1-6-8-18-16(17(7-2)19-5)12-15-10-13(3)9-14(4)11-15/h9-11,16-18H,6-8,12H2,1-5H3. The predicted molar refractivity (Wildman–Crippen MR) is 82.8 cm³/mol. The second-order valence-electron chi connectivity index (χ2n) is 5.44. The van der Waals surface area contributed by atoms with Crippen LogP contribution in [0, 0.1) is 13.8 Å². The highest BCUT2D eigenvalue weighted by Crippen LogP contribution is 2.14. The van der Waals surface area contributed by atoms with E-state index in [2.05, 4.69) is 51.2 Å². The van der Waals surface area contributed by atoms with E-state index >= 15 is 0 Å². The molecule has 0 heterocycles. The van der Waals surface area contributed by atoms with Crippen LogP contribution in [-0.2, 0) is 11.2 Å². The summed E-state index contributed by atoms with van der Waals surface area (Å²) in [5.41, 5.74) is 4.09. The van der Waals surface area contributed by atoms with Gasteiger partial charge in [0.2, 0.25) is 0 Å². The van der Waals surface area contributed by atoms with Crippen molar-refractivity contribution in [2.24, 2.45) is 0 Å². The summed E-state index contributed by atoms with van der Waals surface area (Å²) < 4.78 is 5.63. The Morgan fingerprint density at radius 1 is 1.11 bits per heavy atom. The van der Waals surface area contributed by atoms with E-state index in [-0.39, 0.29) is 6.10 Å². The topological polar surface area (TPSA) is 21.3 Å². The van der Waals surface area contributed by atoms with Crippen molar-refractivity contribution < 1.29 is 4.74 Å². The van der Waals surface area contributed by atoms with Crippen LogP contribution in [0.5, 0.6) is 0 Å². The molecule has 0 bridgehead atoms. The van der Waals surface area contributed by atoms with Crippen LogP contribution in [0.2, 0.25) is 0 Å². The number of methoxy groups -OCH3 is 1. The fraction of sp³-hybridized carbons (Fsp3) is 0.647. The molecule has 2 unspecified atom stereocenters. The Morgan fingerprint density at radius 2 is 1.74 bits per heavy atom. The van der Waals surface area contributed by atoms with E-state index in [9.17, 15) is 0 Å². The molecule has 0 fully saturated rings. The summed E-state index contributed by atoms with van der Waals surface area (Å²) in [6.45, 7) is 9.78. The first-order valence-electron chi connectivity index (χ1n) is 7.44. The lowest BCUT2D eigenvalue weighted by atomic mass is 9.97. The minimum Gasteiger partial charge on any atom is -0.380 e. The molecule has 1 N–H and O–H groups in total. The van der Waals surface area contributed by atoms with E-state index in [0.29, 0.717) is 6.04 Å². The van der Waals surface area contributed by atoms with Crippen molar-refractivity contribution in [2.45, 2.75) is 59.1 Å². The number of benzene rings is 1. The molecular weight excluding hydrogens is 234 g/mol. The van der Waals surface area contributed by atoms with Crippen molar-refractivity contribution >= 4 is 0 Å². The van der Waals surface area contributed by atoms with Gasteiger partial charge in [-0.15, -0.1) is 0 Å². The van der Waals surface area contributed by atoms with Gasteiger partial charge in [0.1, 0.15) is 0 Å². The summed E-state index contributed by atoms with van der Waals surface area (Å²) >= 11 is 0. The first-order chi connectivity index (χ1) is 9.10. The predicted octanol–water partition coefficient (Wildman–Crippen LogP) is 3.64. The molecule has 0 spiro atoms. The second-order valence-corrected chi connectivity index (χ2v) is 5.44. The van der Waals surface area contributed by atoms with E-state index in [1.165, 1.54) is 16.7 Å². The van der Waals surface area contributed by atoms with Crippen LogP contribution in [0.3, 0.4) is 0 Å². The summed E-state index contributed by atoms with van der Waals surface area (Å²) in [6, 6.07) is 7.20. The third-order valence-corrected chi connectivity index (χ3v) is 3.55. The zero-order chi connectivity index (χ0) is 14.3. The third-order valence-electron chi connectivity index (χ3n) is 3.55. The second kappa shape index (κ2) is 8.34. The lowest BCUT2D eigenvalue weighted by Crippen LogP contribution is -2.42. The molecule has 1 rings (SSSR count). The van der Waals surface area contributed by atoms with Crippen molar-refractivity contribution in [1.29, 1.82) is 0 Å². The zero-order valence-corrected chi connectivity index (χ0v) is 13.1. The average molecular weight is 263 g/mol. The van der Waals surface area contributed by atoms with Gasteiger partial charge in [0, 0.05) is 13.2 Å². The summed E-state index contributed by atoms with van der Waals surface area (Å²) in [6.07, 6.45) is 3.52. The highest BCUT2D eigenvalue weighted by atomic mass is 16.5. The van der Waals surface area contributed by atoms with Crippen LogP contribution >= 0.6 is 0 Å².